The van der Waals surface area contributed by atoms with Gasteiger partial charge in [-0.1, -0.05) is 30.3 Å². The molecule has 2 N–H and O–H groups in total. The molecule has 1 saturated carbocycles. The molecule has 1 fully saturated rings. The summed E-state index contributed by atoms with van der Waals surface area (Å²) in [5.74, 6) is 0. The van der Waals surface area contributed by atoms with Crippen LogP contribution in [0.4, 0.5) is 0 Å². The molecule has 1 aliphatic carbocycles. The molecule has 0 radical (unpaired) electrons. The molecule has 0 aliphatic heterocycles. The molecule has 3 heteroatoms. The lowest BCUT2D eigenvalue weighted by atomic mass is 10.0. The summed E-state index contributed by atoms with van der Waals surface area (Å²) in [6.07, 6.45) is 5.49. The molecule has 0 spiro atoms. The number of rotatable bonds is 4. The van der Waals surface area contributed by atoms with E-state index in [0.717, 1.165) is 36.9 Å². The number of nitrogens with one attached hydrogen (secondary N) is 1. The second-order valence-corrected chi connectivity index (χ2v) is 4.86. The monoisotopic (exact) mass is 228 g/mol. The Bertz CT molecular complexity index is 500. The molecule has 1 heterocycles. The molecule has 0 atom stereocenters. The molecule has 3 nitrogen and oxygen atoms in total. The second-order valence-electron chi connectivity index (χ2n) is 4.86. The van der Waals surface area contributed by atoms with Gasteiger partial charge in [-0.05, 0) is 36.8 Å². The average Bonchev–Trinajstić information content (AvgIpc) is 2.93. The van der Waals surface area contributed by atoms with Crippen molar-refractivity contribution in [2.24, 2.45) is 0 Å². The highest BCUT2D eigenvalue weighted by atomic mass is 16.3. The van der Waals surface area contributed by atoms with Crippen LogP contribution in [0.15, 0.2) is 36.5 Å². The Morgan fingerprint density at radius 1 is 1.24 bits per heavy atom. The Morgan fingerprint density at radius 2 is 2.00 bits per heavy atom. The summed E-state index contributed by atoms with van der Waals surface area (Å²) in [5.41, 5.74) is 3.04. The first-order chi connectivity index (χ1) is 8.27. The lowest BCUT2D eigenvalue weighted by Crippen LogP contribution is -2.07. The fourth-order valence-corrected chi connectivity index (χ4v) is 2.12. The zero-order chi connectivity index (χ0) is 11.7. The van der Waals surface area contributed by atoms with E-state index in [1.807, 2.05) is 24.4 Å². The van der Waals surface area contributed by atoms with Gasteiger partial charge in [0.1, 0.15) is 0 Å². The largest absolute Gasteiger partial charge is 0.390 e. The van der Waals surface area contributed by atoms with E-state index >= 15 is 0 Å². The molecule has 0 unspecified atom stereocenters. The third-order valence-electron chi connectivity index (χ3n) is 3.47. The molecule has 1 aliphatic rings. The van der Waals surface area contributed by atoms with Crippen molar-refractivity contribution in [3.63, 3.8) is 0 Å². The lowest BCUT2D eigenvalue weighted by molar-refractivity contribution is 0.140. The summed E-state index contributed by atoms with van der Waals surface area (Å²) in [7, 11) is 0. The van der Waals surface area contributed by atoms with Crippen LogP contribution in [0.5, 0.6) is 0 Å². The van der Waals surface area contributed by atoms with Gasteiger partial charge >= 0.3 is 0 Å². The summed E-state index contributed by atoms with van der Waals surface area (Å²) in [4.78, 5) is 0. The van der Waals surface area contributed by atoms with Crippen molar-refractivity contribution < 1.29 is 5.11 Å². The molecule has 88 valence electrons. The van der Waals surface area contributed by atoms with Crippen molar-refractivity contribution in [1.29, 1.82) is 0 Å². The van der Waals surface area contributed by atoms with Crippen molar-refractivity contribution in [2.75, 3.05) is 0 Å². The van der Waals surface area contributed by atoms with Gasteiger partial charge in [-0.3, -0.25) is 5.10 Å². The van der Waals surface area contributed by atoms with Gasteiger partial charge < -0.3 is 5.11 Å². The summed E-state index contributed by atoms with van der Waals surface area (Å²) in [6.45, 7) is 0. The number of benzene rings is 1. The Morgan fingerprint density at radius 3 is 2.71 bits per heavy atom. The maximum Gasteiger partial charge on any atom is 0.0682 e. The lowest BCUT2D eigenvalue weighted by Gasteiger charge is -2.07. The first kappa shape index (κ1) is 10.5. The van der Waals surface area contributed by atoms with Crippen LogP contribution in [-0.4, -0.2) is 20.9 Å². The van der Waals surface area contributed by atoms with Crippen LogP contribution in [0.1, 0.15) is 24.8 Å². The molecule has 1 aromatic carbocycles. The summed E-state index contributed by atoms with van der Waals surface area (Å²) in [6, 6.07) is 10.2. The van der Waals surface area contributed by atoms with E-state index < -0.39 is 0 Å². The Kier molecular flexibility index (Phi) is 2.48. The van der Waals surface area contributed by atoms with Gasteiger partial charge in [0.2, 0.25) is 0 Å². The minimum absolute atomic E-state index is 0.384. The summed E-state index contributed by atoms with van der Waals surface area (Å²) < 4.78 is 0. The van der Waals surface area contributed by atoms with Crippen LogP contribution >= 0.6 is 0 Å². The topological polar surface area (TPSA) is 48.9 Å². The van der Waals surface area contributed by atoms with Gasteiger partial charge in [0.05, 0.1) is 17.5 Å². The highest BCUT2D eigenvalue weighted by Crippen LogP contribution is 2.39. The van der Waals surface area contributed by atoms with Crippen LogP contribution < -0.4 is 0 Å². The smallest absolute Gasteiger partial charge is 0.0682 e. The fourth-order valence-electron chi connectivity index (χ4n) is 2.12. The van der Waals surface area contributed by atoms with Crippen molar-refractivity contribution in [2.45, 2.75) is 31.3 Å². The number of aromatic nitrogens is 2. The molecule has 17 heavy (non-hydrogen) atoms. The van der Waals surface area contributed by atoms with Crippen LogP contribution in [-0.2, 0) is 6.42 Å². The molecule has 3 rings (SSSR count). The number of H-pyrrole nitrogens is 1. The maximum absolute atomic E-state index is 9.86. The van der Waals surface area contributed by atoms with Crippen LogP contribution in [0, 0.1) is 0 Å². The third-order valence-corrected chi connectivity index (χ3v) is 3.47. The van der Waals surface area contributed by atoms with E-state index in [1.165, 1.54) is 5.56 Å². The quantitative estimate of drug-likeness (QED) is 0.844. The number of aromatic amines is 1. The van der Waals surface area contributed by atoms with Crippen molar-refractivity contribution >= 4 is 0 Å². The standard InChI is InChI=1S/C14H16N2O/c17-14(8-9-14)7-6-12-10-15-16-13(12)11-4-2-1-3-5-11/h1-5,10,17H,6-9H2,(H,15,16). The average molecular weight is 228 g/mol. The van der Waals surface area contributed by atoms with Gasteiger partial charge in [0.25, 0.3) is 0 Å². The third kappa shape index (κ3) is 2.24. The van der Waals surface area contributed by atoms with Gasteiger partial charge in [-0.25, -0.2) is 0 Å². The van der Waals surface area contributed by atoms with E-state index in [2.05, 4.69) is 22.3 Å². The summed E-state index contributed by atoms with van der Waals surface area (Å²) >= 11 is 0. The van der Waals surface area contributed by atoms with E-state index in [1.54, 1.807) is 0 Å². The Labute approximate surface area is 100 Å². The second kappa shape index (κ2) is 4.00. The maximum atomic E-state index is 9.86. The van der Waals surface area contributed by atoms with Crippen molar-refractivity contribution in [3.05, 3.63) is 42.1 Å². The van der Waals surface area contributed by atoms with Gasteiger partial charge in [0.15, 0.2) is 0 Å². The van der Waals surface area contributed by atoms with E-state index in [-0.39, 0.29) is 5.60 Å². The molecule has 2 aromatic rings. The van der Waals surface area contributed by atoms with Crippen molar-refractivity contribution in [1.82, 2.24) is 10.2 Å². The minimum atomic E-state index is -0.384. The molecule has 0 saturated heterocycles. The van der Waals surface area contributed by atoms with Gasteiger partial charge in [-0.15, -0.1) is 0 Å². The fraction of sp³-hybridized carbons (Fsp3) is 0.357. The highest BCUT2D eigenvalue weighted by molar-refractivity contribution is 5.62. The van der Waals surface area contributed by atoms with Gasteiger partial charge in [-0.2, -0.15) is 5.10 Å². The first-order valence-electron chi connectivity index (χ1n) is 6.07. The SMILES string of the molecule is OC1(CCc2cn[nH]c2-c2ccccc2)CC1. The number of aliphatic hydroxyl groups is 1. The molecular formula is C14H16N2O. The molecule has 0 amide bonds. The highest BCUT2D eigenvalue weighted by Gasteiger charge is 2.39. The normalized spacial score (nSPS) is 17.0. The molecule has 1 aromatic heterocycles. The molecular weight excluding hydrogens is 212 g/mol. The van der Waals surface area contributed by atoms with Crippen molar-refractivity contribution in [3.8, 4) is 11.3 Å². The van der Waals surface area contributed by atoms with E-state index in [4.69, 9.17) is 0 Å². The van der Waals surface area contributed by atoms with Crippen LogP contribution in [0.25, 0.3) is 11.3 Å². The molecule has 0 bridgehead atoms. The van der Waals surface area contributed by atoms with E-state index in [9.17, 15) is 5.11 Å². The van der Waals surface area contributed by atoms with Crippen LogP contribution in [0.2, 0.25) is 0 Å². The number of hydrogen-bond acceptors (Lipinski definition) is 2. The number of nitrogens with zero attached hydrogens (tertiary/aromatic N) is 1. The zero-order valence-corrected chi connectivity index (χ0v) is 9.69. The first-order valence-corrected chi connectivity index (χ1v) is 6.07. The Balaban J connectivity index is 1.79. The number of aryl methyl sites for hydroxylation is 1. The van der Waals surface area contributed by atoms with Gasteiger partial charge in [0, 0.05) is 0 Å². The Hall–Kier alpha value is -1.61. The zero-order valence-electron chi connectivity index (χ0n) is 9.69. The predicted molar refractivity (Wildman–Crippen MR) is 66.5 cm³/mol. The minimum Gasteiger partial charge on any atom is -0.390 e. The predicted octanol–water partition coefficient (Wildman–Crippen LogP) is 2.53. The van der Waals surface area contributed by atoms with Crippen LogP contribution in [0.3, 0.4) is 0 Å². The summed E-state index contributed by atoms with van der Waals surface area (Å²) in [5, 5.41) is 17.0. The number of hydrogen-bond donors (Lipinski definition) is 2. The van der Waals surface area contributed by atoms with E-state index in [0.29, 0.717) is 0 Å².